The van der Waals surface area contributed by atoms with E-state index in [1.54, 1.807) is 0 Å². The molecule has 0 N–H and O–H groups in total. The van der Waals surface area contributed by atoms with E-state index in [2.05, 4.69) is 254 Å². The van der Waals surface area contributed by atoms with Crippen LogP contribution in [0.15, 0.2) is 253 Å². The van der Waals surface area contributed by atoms with Gasteiger partial charge in [-0.1, -0.05) is 212 Å². The molecule has 0 aliphatic carbocycles. The van der Waals surface area contributed by atoms with Crippen molar-refractivity contribution in [3.05, 3.63) is 249 Å². The monoisotopic (exact) mass is 851 g/mol. The molecule has 0 unspecified atom stereocenters. The van der Waals surface area contributed by atoms with Gasteiger partial charge in [-0.2, -0.15) is 0 Å². The van der Waals surface area contributed by atoms with Gasteiger partial charge >= 0.3 is 0 Å². The molecule has 2 aromatic heterocycles. The molecule has 0 spiro atoms. The quantitative estimate of drug-likeness (QED) is 0.106. The van der Waals surface area contributed by atoms with Gasteiger partial charge in [0.25, 0.3) is 0 Å². The Hall–Kier alpha value is -7.76. The molecule has 4 heteroatoms. The molecule has 0 radical (unpaired) electrons. The van der Waals surface area contributed by atoms with Crippen LogP contribution < -0.4 is 25.6 Å². The van der Waals surface area contributed by atoms with Gasteiger partial charge in [0.2, 0.25) is 0 Å². The lowest BCUT2D eigenvalue weighted by atomic mass is 10.0. The summed E-state index contributed by atoms with van der Waals surface area (Å²) in [7, 11) is -2.92. The molecule has 0 saturated heterocycles. The molecule has 12 aromatic rings. The van der Waals surface area contributed by atoms with E-state index in [0.29, 0.717) is 0 Å². The fraction of sp³-hybridized carbons (Fsp3) is 0. The van der Waals surface area contributed by atoms with Crippen LogP contribution in [0.5, 0.6) is 0 Å². The van der Waals surface area contributed by atoms with Crippen molar-refractivity contribution in [1.82, 2.24) is 0 Å². The third-order valence-electron chi connectivity index (χ3n) is 12.8. The van der Waals surface area contributed by atoms with Crippen LogP contribution >= 0.6 is 11.3 Å². The van der Waals surface area contributed by atoms with E-state index in [1.807, 2.05) is 11.3 Å². The molecule has 302 valence electrons. The van der Waals surface area contributed by atoms with Gasteiger partial charge in [0.15, 0.2) is 13.7 Å². The van der Waals surface area contributed by atoms with Crippen LogP contribution in [0.4, 0.5) is 17.1 Å². The molecule has 0 saturated carbocycles. The molecule has 0 bridgehead atoms. The number of fused-ring (bicyclic) bond motifs is 6. The standard InChI is InChI=1S/C60H41NOSSi/c1-5-18-42(19-6-1)43-34-36-45(37-35-43)61(55-31-16-29-53-52-28-15-27-50(58(52)62-59(53)55)44-20-7-2-8-21-44)46-38-40-49(41-39-46)64(47-22-9-3-10-23-47,48-24-11-4-12-25-48)57-33-17-30-54-51-26-13-14-32-56(51)63-60(54)57/h1-41H. The van der Waals surface area contributed by atoms with Crippen molar-refractivity contribution in [2.75, 3.05) is 4.90 Å². The highest BCUT2D eigenvalue weighted by Crippen LogP contribution is 2.44. The van der Waals surface area contributed by atoms with Crippen molar-refractivity contribution in [3.8, 4) is 22.3 Å². The molecule has 10 aromatic carbocycles. The van der Waals surface area contributed by atoms with E-state index in [0.717, 1.165) is 50.1 Å². The molecule has 0 atom stereocenters. The van der Waals surface area contributed by atoms with Gasteiger partial charge in [-0.25, -0.2) is 0 Å². The first-order valence-corrected chi connectivity index (χ1v) is 24.6. The lowest BCUT2D eigenvalue weighted by Gasteiger charge is -2.35. The fourth-order valence-electron chi connectivity index (χ4n) is 9.93. The molecule has 2 heterocycles. The number of hydrogen-bond donors (Lipinski definition) is 0. The number of thiophene rings is 1. The first kappa shape index (κ1) is 38.0. The minimum absolute atomic E-state index is 0.853. The Morgan fingerprint density at radius 3 is 1.50 bits per heavy atom. The van der Waals surface area contributed by atoms with Gasteiger partial charge in [-0.15, -0.1) is 11.3 Å². The third-order valence-corrected chi connectivity index (χ3v) is 19.1. The Kier molecular flexibility index (Phi) is 9.40. The van der Waals surface area contributed by atoms with Gasteiger partial charge in [0.05, 0.1) is 5.69 Å². The Labute approximate surface area is 377 Å². The average molecular weight is 852 g/mol. The SMILES string of the molecule is c1ccc(-c2ccc(N(c3ccc([Si](c4ccccc4)(c4ccccc4)c4cccc5c4sc4ccccc45)cc3)c3cccc4c3oc3c(-c5ccccc5)cccc34)cc2)cc1. The maximum atomic E-state index is 7.07. The van der Waals surface area contributed by atoms with Crippen LogP contribution in [0.25, 0.3) is 64.4 Å². The second-order valence-electron chi connectivity index (χ2n) is 16.4. The minimum atomic E-state index is -2.92. The number of rotatable bonds is 9. The summed E-state index contributed by atoms with van der Waals surface area (Å²) in [6, 6.07) is 90.9. The summed E-state index contributed by atoms with van der Waals surface area (Å²) in [5.74, 6) is 0. The summed E-state index contributed by atoms with van der Waals surface area (Å²) >= 11 is 1.92. The number of furan rings is 1. The van der Waals surface area contributed by atoms with E-state index < -0.39 is 8.07 Å². The first-order chi connectivity index (χ1) is 31.8. The number of anilines is 3. The summed E-state index contributed by atoms with van der Waals surface area (Å²) < 4.78 is 9.74. The Balaban J connectivity index is 1.09. The van der Waals surface area contributed by atoms with Gasteiger partial charge in [0, 0.05) is 47.9 Å². The molecule has 0 amide bonds. The van der Waals surface area contributed by atoms with E-state index in [4.69, 9.17) is 4.42 Å². The van der Waals surface area contributed by atoms with Crippen LogP contribution in [0.3, 0.4) is 0 Å². The number of para-hydroxylation sites is 2. The van der Waals surface area contributed by atoms with Crippen LogP contribution in [-0.2, 0) is 0 Å². The minimum Gasteiger partial charge on any atom is -0.453 e. The van der Waals surface area contributed by atoms with Gasteiger partial charge in [0.1, 0.15) is 5.58 Å². The molecule has 0 fully saturated rings. The fourth-order valence-corrected chi connectivity index (χ4v) is 16.5. The van der Waals surface area contributed by atoms with Crippen molar-refractivity contribution in [2.24, 2.45) is 0 Å². The first-order valence-electron chi connectivity index (χ1n) is 21.8. The summed E-state index contributed by atoms with van der Waals surface area (Å²) in [4.78, 5) is 2.37. The maximum Gasteiger partial charge on any atom is 0.181 e. The average Bonchev–Trinajstić information content (AvgIpc) is 3.96. The Morgan fingerprint density at radius 1 is 0.344 bits per heavy atom. The zero-order chi connectivity index (χ0) is 42.5. The molecule has 64 heavy (non-hydrogen) atoms. The zero-order valence-corrected chi connectivity index (χ0v) is 36.8. The van der Waals surface area contributed by atoms with E-state index in [-0.39, 0.29) is 0 Å². The number of nitrogens with zero attached hydrogens (tertiary/aromatic N) is 1. The predicted molar refractivity (Wildman–Crippen MR) is 276 cm³/mol. The highest BCUT2D eigenvalue weighted by Gasteiger charge is 2.43. The molecule has 12 rings (SSSR count). The highest BCUT2D eigenvalue weighted by molar-refractivity contribution is 7.30. The normalized spacial score (nSPS) is 11.8. The molecule has 0 aliphatic rings. The number of hydrogen-bond acceptors (Lipinski definition) is 3. The van der Waals surface area contributed by atoms with Crippen molar-refractivity contribution < 1.29 is 4.42 Å². The van der Waals surface area contributed by atoms with Gasteiger partial charge in [-0.3, -0.25) is 0 Å². The van der Waals surface area contributed by atoms with Crippen molar-refractivity contribution >= 4 is 99.3 Å². The van der Waals surface area contributed by atoms with Gasteiger partial charge in [-0.05, 0) is 73.8 Å². The van der Waals surface area contributed by atoms with Gasteiger partial charge < -0.3 is 9.32 Å². The van der Waals surface area contributed by atoms with Crippen LogP contribution in [0.1, 0.15) is 0 Å². The summed E-state index contributed by atoms with van der Waals surface area (Å²) in [6.07, 6.45) is 0. The molecular weight excluding hydrogens is 811 g/mol. The summed E-state index contributed by atoms with van der Waals surface area (Å²) in [5.41, 5.74) is 9.41. The third kappa shape index (κ3) is 6.22. The second kappa shape index (κ2) is 15.9. The van der Waals surface area contributed by atoms with E-state index in [9.17, 15) is 0 Å². The summed E-state index contributed by atoms with van der Waals surface area (Å²) in [5, 5.41) is 10.3. The highest BCUT2D eigenvalue weighted by atomic mass is 32.1. The lowest BCUT2D eigenvalue weighted by molar-refractivity contribution is 0.670. The smallest absolute Gasteiger partial charge is 0.181 e. The van der Waals surface area contributed by atoms with Crippen molar-refractivity contribution in [1.29, 1.82) is 0 Å². The maximum absolute atomic E-state index is 7.07. The topological polar surface area (TPSA) is 16.4 Å². The largest absolute Gasteiger partial charge is 0.453 e. The van der Waals surface area contributed by atoms with Crippen LogP contribution in [-0.4, -0.2) is 8.07 Å². The zero-order valence-electron chi connectivity index (χ0n) is 34.9. The Morgan fingerprint density at radius 2 is 0.828 bits per heavy atom. The van der Waals surface area contributed by atoms with E-state index >= 15 is 0 Å². The van der Waals surface area contributed by atoms with Crippen LogP contribution in [0, 0.1) is 0 Å². The van der Waals surface area contributed by atoms with Crippen molar-refractivity contribution in [3.63, 3.8) is 0 Å². The molecule has 0 aliphatic heterocycles. The number of benzene rings is 10. The lowest BCUT2D eigenvalue weighted by Crippen LogP contribution is -2.74. The Bertz CT molecular complexity index is 3540. The van der Waals surface area contributed by atoms with Crippen LogP contribution in [0.2, 0.25) is 0 Å². The van der Waals surface area contributed by atoms with E-state index in [1.165, 1.54) is 52.0 Å². The second-order valence-corrected chi connectivity index (χ2v) is 21.2. The molecular formula is C60H41NOSSi. The molecule has 2 nitrogen and oxygen atoms in total. The van der Waals surface area contributed by atoms with Crippen molar-refractivity contribution in [2.45, 2.75) is 0 Å². The summed E-state index contributed by atoms with van der Waals surface area (Å²) in [6.45, 7) is 0. The predicted octanol–water partition coefficient (Wildman–Crippen LogP) is 14.1.